The number of rotatable bonds is 6. The van der Waals surface area contributed by atoms with E-state index in [0.717, 1.165) is 31.2 Å². The highest BCUT2D eigenvalue weighted by Gasteiger charge is 2.41. The molecule has 0 bridgehead atoms. The first-order chi connectivity index (χ1) is 12.1. The van der Waals surface area contributed by atoms with Crippen molar-refractivity contribution in [3.05, 3.63) is 35.9 Å². The van der Waals surface area contributed by atoms with Gasteiger partial charge in [0.25, 0.3) is 0 Å². The van der Waals surface area contributed by atoms with Crippen LogP contribution in [0.1, 0.15) is 37.7 Å². The zero-order chi connectivity index (χ0) is 17.6. The molecular formula is C19H26N2O3S. The quantitative estimate of drug-likeness (QED) is 0.809. The van der Waals surface area contributed by atoms with Crippen LogP contribution in [0.2, 0.25) is 0 Å². The maximum Gasteiger partial charge on any atom is 0.224 e. The Morgan fingerprint density at radius 1 is 1.20 bits per heavy atom. The fraction of sp³-hybridized carbons (Fsp3) is 0.579. The smallest absolute Gasteiger partial charge is 0.224 e. The lowest BCUT2D eigenvalue weighted by Gasteiger charge is -2.40. The van der Waals surface area contributed by atoms with Gasteiger partial charge in [0.15, 0.2) is 0 Å². The zero-order valence-corrected chi connectivity index (χ0v) is 15.2. The Hall–Kier alpha value is -1.69. The van der Waals surface area contributed by atoms with Crippen LogP contribution >= 0.6 is 0 Å². The molecule has 1 aliphatic heterocycles. The Bertz CT molecular complexity index is 635. The van der Waals surface area contributed by atoms with E-state index in [1.165, 1.54) is 0 Å². The summed E-state index contributed by atoms with van der Waals surface area (Å²) in [6.45, 7) is 0.397. The molecule has 3 rings (SSSR count). The number of hydrogen-bond acceptors (Lipinski definition) is 3. The maximum absolute atomic E-state index is 12.5. The van der Waals surface area contributed by atoms with Gasteiger partial charge in [-0.25, -0.2) is 0 Å². The highest BCUT2D eigenvalue weighted by Crippen LogP contribution is 2.35. The largest absolute Gasteiger partial charge is 0.355 e. The first-order valence-electron chi connectivity index (χ1n) is 9.09. The van der Waals surface area contributed by atoms with E-state index >= 15 is 0 Å². The van der Waals surface area contributed by atoms with E-state index in [9.17, 15) is 13.8 Å². The summed E-state index contributed by atoms with van der Waals surface area (Å²) < 4.78 is 12.1. The van der Waals surface area contributed by atoms with E-state index in [2.05, 4.69) is 10.6 Å². The third-order valence-electron chi connectivity index (χ3n) is 5.22. The van der Waals surface area contributed by atoms with Crippen LogP contribution in [-0.4, -0.2) is 34.4 Å². The first-order valence-corrected chi connectivity index (χ1v) is 10.6. The molecule has 1 aromatic carbocycles. The van der Waals surface area contributed by atoms with Crippen LogP contribution in [0.4, 0.5) is 0 Å². The molecule has 1 heterocycles. The van der Waals surface area contributed by atoms with E-state index in [0.29, 0.717) is 18.1 Å². The summed E-state index contributed by atoms with van der Waals surface area (Å²) in [6.07, 6.45) is 4.50. The Balaban J connectivity index is 1.46. The summed E-state index contributed by atoms with van der Waals surface area (Å²) in [4.78, 5) is 24.4. The molecule has 4 unspecified atom stereocenters. The van der Waals surface area contributed by atoms with Crippen molar-refractivity contribution >= 4 is 22.6 Å². The predicted molar refractivity (Wildman–Crippen MR) is 98.2 cm³/mol. The highest BCUT2D eigenvalue weighted by atomic mass is 32.2. The molecule has 1 aliphatic carbocycles. The summed E-state index contributed by atoms with van der Waals surface area (Å²) >= 11 is 0. The highest BCUT2D eigenvalue weighted by molar-refractivity contribution is 7.84. The molecule has 0 aromatic heterocycles. The standard InChI is InChI=1S/C19H26N2O3S/c22-18-12-16(15-8-4-5-9-17(15)21-18)19(23)20-10-11-25(24)13-14-6-2-1-3-7-14/h1-3,6-7,15-17H,4-5,8-13H2,(H,20,23)(H,21,22). The zero-order valence-electron chi connectivity index (χ0n) is 14.4. The monoisotopic (exact) mass is 362 g/mol. The Morgan fingerprint density at radius 2 is 1.96 bits per heavy atom. The minimum atomic E-state index is -1.00. The molecule has 25 heavy (non-hydrogen) atoms. The van der Waals surface area contributed by atoms with E-state index in [1.807, 2.05) is 30.3 Å². The molecule has 1 saturated carbocycles. The average Bonchev–Trinajstić information content (AvgIpc) is 2.61. The fourth-order valence-corrected chi connectivity index (χ4v) is 5.01. The number of carbonyl (C=O) groups is 2. The molecule has 6 heteroatoms. The van der Waals surface area contributed by atoms with Crippen molar-refractivity contribution in [3.63, 3.8) is 0 Å². The summed E-state index contributed by atoms with van der Waals surface area (Å²) in [5.74, 6) is 0.892. The molecule has 0 spiro atoms. The second-order valence-corrected chi connectivity index (χ2v) is 8.57. The lowest BCUT2D eigenvalue weighted by Crippen LogP contribution is -2.54. The second-order valence-electron chi connectivity index (χ2n) is 7.00. The van der Waals surface area contributed by atoms with Gasteiger partial charge in [0, 0.05) is 41.3 Å². The van der Waals surface area contributed by atoms with Crippen LogP contribution in [0.15, 0.2) is 30.3 Å². The Morgan fingerprint density at radius 3 is 2.76 bits per heavy atom. The van der Waals surface area contributed by atoms with Crippen LogP contribution in [0.3, 0.4) is 0 Å². The number of hydrogen-bond donors (Lipinski definition) is 2. The molecule has 136 valence electrons. The van der Waals surface area contributed by atoms with Gasteiger partial charge in [-0.3, -0.25) is 13.8 Å². The molecule has 0 radical (unpaired) electrons. The molecule has 4 atom stereocenters. The van der Waals surface area contributed by atoms with Gasteiger partial charge in [0.2, 0.25) is 11.8 Å². The summed E-state index contributed by atoms with van der Waals surface area (Å²) in [7, 11) is -1.00. The van der Waals surface area contributed by atoms with Gasteiger partial charge in [-0.1, -0.05) is 43.2 Å². The number of benzene rings is 1. The molecule has 1 aromatic rings. The number of piperidine rings is 1. The number of carbonyl (C=O) groups excluding carboxylic acids is 2. The lowest BCUT2D eigenvalue weighted by molar-refractivity contribution is -0.137. The SMILES string of the molecule is O=C1CC(C(=O)NCCS(=O)Cc2ccccc2)C2CCCCC2N1. The third kappa shape index (κ3) is 4.91. The molecular weight excluding hydrogens is 336 g/mol. The number of fused-ring (bicyclic) bond motifs is 1. The van der Waals surface area contributed by atoms with Gasteiger partial charge in [-0.05, 0) is 24.3 Å². The average molecular weight is 362 g/mol. The van der Waals surface area contributed by atoms with Gasteiger partial charge in [0.1, 0.15) is 0 Å². The van der Waals surface area contributed by atoms with Gasteiger partial charge in [0.05, 0.1) is 5.92 Å². The van der Waals surface area contributed by atoms with Crippen molar-refractivity contribution in [2.75, 3.05) is 12.3 Å². The van der Waals surface area contributed by atoms with Crippen molar-refractivity contribution in [2.45, 2.75) is 43.9 Å². The van der Waals surface area contributed by atoms with E-state index in [1.54, 1.807) is 0 Å². The minimum absolute atomic E-state index is 0.0176. The second kappa shape index (κ2) is 8.61. The van der Waals surface area contributed by atoms with Crippen LogP contribution in [0.25, 0.3) is 0 Å². The van der Waals surface area contributed by atoms with E-state index in [-0.39, 0.29) is 36.1 Å². The summed E-state index contributed by atoms with van der Waals surface area (Å²) in [6, 6.07) is 9.87. The first kappa shape index (κ1) is 18.1. The van der Waals surface area contributed by atoms with Gasteiger partial charge >= 0.3 is 0 Å². The van der Waals surface area contributed by atoms with Crippen molar-refractivity contribution in [1.29, 1.82) is 0 Å². The third-order valence-corrected chi connectivity index (χ3v) is 6.54. The fourth-order valence-electron chi connectivity index (χ4n) is 3.98. The van der Waals surface area contributed by atoms with Crippen LogP contribution < -0.4 is 10.6 Å². The molecule has 2 N–H and O–H groups in total. The van der Waals surface area contributed by atoms with Crippen molar-refractivity contribution in [1.82, 2.24) is 10.6 Å². The molecule has 2 aliphatic rings. The van der Waals surface area contributed by atoms with E-state index < -0.39 is 10.8 Å². The topological polar surface area (TPSA) is 75.3 Å². The normalized spacial score (nSPS) is 27.0. The van der Waals surface area contributed by atoms with Gasteiger partial charge in [-0.15, -0.1) is 0 Å². The molecule has 1 saturated heterocycles. The summed E-state index contributed by atoms with van der Waals surface area (Å²) in [5.41, 5.74) is 1.04. The van der Waals surface area contributed by atoms with Crippen molar-refractivity contribution in [3.8, 4) is 0 Å². The Kier molecular flexibility index (Phi) is 6.24. The number of amides is 2. The summed E-state index contributed by atoms with van der Waals surface area (Å²) in [5, 5.41) is 5.95. The van der Waals surface area contributed by atoms with Gasteiger partial charge in [-0.2, -0.15) is 0 Å². The molecule has 5 nitrogen and oxygen atoms in total. The van der Waals surface area contributed by atoms with Gasteiger partial charge < -0.3 is 10.6 Å². The van der Waals surface area contributed by atoms with Crippen molar-refractivity contribution in [2.24, 2.45) is 11.8 Å². The van der Waals surface area contributed by atoms with E-state index in [4.69, 9.17) is 0 Å². The van der Waals surface area contributed by atoms with Crippen LogP contribution in [0, 0.1) is 11.8 Å². The Labute approximate surface area is 151 Å². The lowest BCUT2D eigenvalue weighted by atomic mass is 9.72. The predicted octanol–water partition coefficient (Wildman–Crippen LogP) is 1.75. The number of nitrogens with one attached hydrogen (secondary N) is 2. The van der Waals surface area contributed by atoms with Crippen LogP contribution in [0.5, 0.6) is 0 Å². The maximum atomic E-state index is 12.5. The molecule has 2 amide bonds. The minimum Gasteiger partial charge on any atom is -0.355 e. The molecule has 2 fully saturated rings. The van der Waals surface area contributed by atoms with Crippen molar-refractivity contribution < 1.29 is 13.8 Å². The van der Waals surface area contributed by atoms with Crippen LogP contribution in [-0.2, 0) is 26.1 Å².